The van der Waals surface area contributed by atoms with Gasteiger partial charge in [0, 0.05) is 5.69 Å². The summed E-state index contributed by atoms with van der Waals surface area (Å²) in [5, 5.41) is 8.98. The van der Waals surface area contributed by atoms with Gasteiger partial charge in [-0.25, -0.2) is 10.8 Å². The minimum Gasteiger partial charge on any atom is -0.383 e. The number of carbonyl (C=O) groups is 1. The van der Waals surface area contributed by atoms with Crippen LogP contribution < -0.4 is 17.0 Å². The van der Waals surface area contributed by atoms with E-state index in [4.69, 9.17) is 16.8 Å². The SMILES string of the molecule is N#Cc1c(N)nc2c(c1C(=O)NN)CCC2. The van der Waals surface area contributed by atoms with Crippen molar-refractivity contribution in [3.05, 3.63) is 22.4 Å². The number of amides is 1. The lowest BCUT2D eigenvalue weighted by atomic mass is 10.0. The molecule has 0 unspecified atom stereocenters. The van der Waals surface area contributed by atoms with Gasteiger partial charge in [-0.05, 0) is 24.8 Å². The second-order valence-corrected chi connectivity index (χ2v) is 3.61. The fourth-order valence-electron chi connectivity index (χ4n) is 2.04. The topological polar surface area (TPSA) is 118 Å². The predicted octanol–water partition coefficient (Wildman–Crippen LogP) is -0.372. The standard InChI is InChI=1S/C10H11N5O/c11-4-6-8(10(16)15-13)5-2-1-3-7(5)14-9(6)12/h1-3,13H2,(H2,12,14)(H,15,16). The molecule has 0 radical (unpaired) electrons. The quantitative estimate of drug-likeness (QED) is 0.337. The number of pyridine rings is 1. The zero-order chi connectivity index (χ0) is 11.7. The van der Waals surface area contributed by atoms with Crippen LogP contribution in [0.4, 0.5) is 5.82 Å². The number of hydrogen-bond acceptors (Lipinski definition) is 5. The second kappa shape index (κ2) is 3.79. The van der Waals surface area contributed by atoms with Crippen molar-refractivity contribution in [2.24, 2.45) is 5.84 Å². The van der Waals surface area contributed by atoms with Gasteiger partial charge < -0.3 is 5.73 Å². The second-order valence-electron chi connectivity index (χ2n) is 3.61. The summed E-state index contributed by atoms with van der Waals surface area (Å²) in [6.07, 6.45) is 2.44. The maximum absolute atomic E-state index is 11.6. The van der Waals surface area contributed by atoms with Crippen molar-refractivity contribution in [2.45, 2.75) is 19.3 Å². The summed E-state index contributed by atoms with van der Waals surface area (Å²) >= 11 is 0. The van der Waals surface area contributed by atoms with Crippen LogP contribution in [0.5, 0.6) is 0 Å². The van der Waals surface area contributed by atoms with Crippen LogP contribution in [0.25, 0.3) is 0 Å². The number of nitrogen functional groups attached to an aromatic ring is 2. The van der Waals surface area contributed by atoms with Crippen molar-refractivity contribution in [3.8, 4) is 6.07 Å². The summed E-state index contributed by atoms with van der Waals surface area (Å²) in [6.45, 7) is 0. The van der Waals surface area contributed by atoms with E-state index < -0.39 is 5.91 Å². The zero-order valence-electron chi connectivity index (χ0n) is 8.58. The normalized spacial score (nSPS) is 13.0. The van der Waals surface area contributed by atoms with Crippen molar-refractivity contribution >= 4 is 11.7 Å². The molecule has 1 heterocycles. The van der Waals surface area contributed by atoms with E-state index in [1.807, 2.05) is 11.5 Å². The number of nitrogens with zero attached hydrogens (tertiary/aromatic N) is 2. The molecule has 6 nitrogen and oxygen atoms in total. The van der Waals surface area contributed by atoms with Crippen LogP contribution in [0.3, 0.4) is 0 Å². The number of hydrogen-bond donors (Lipinski definition) is 3. The largest absolute Gasteiger partial charge is 0.383 e. The monoisotopic (exact) mass is 217 g/mol. The first-order valence-electron chi connectivity index (χ1n) is 4.91. The van der Waals surface area contributed by atoms with E-state index in [-0.39, 0.29) is 16.9 Å². The van der Waals surface area contributed by atoms with Gasteiger partial charge in [0.1, 0.15) is 17.5 Å². The molecule has 0 fully saturated rings. The van der Waals surface area contributed by atoms with Crippen molar-refractivity contribution in [3.63, 3.8) is 0 Å². The Morgan fingerprint density at radius 1 is 1.50 bits per heavy atom. The third-order valence-corrected chi connectivity index (χ3v) is 2.72. The third-order valence-electron chi connectivity index (χ3n) is 2.72. The number of carbonyl (C=O) groups excluding carboxylic acids is 1. The molecule has 82 valence electrons. The van der Waals surface area contributed by atoms with Gasteiger partial charge in [0.25, 0.3) is 5.91 Å². The molecule has 0 atom stereocenters. The Bertz CT molecular complexity index is 502. The van der Waals surface area contributed by atoms with Gasteiger partial charge in [-0.15, -0.1) is 0 Å². The number of nitriles is 1. The van der Waals surface area contributed by atoms with Gasteiger partial charge in [0.15, 0.2) is 0 Å². The summed E-state index contributed by atoms with van der Waals surface area (Å²) in [5.41, 5.74) is 9.68. The van der Waals surface area contributed by atoms with Crippen molar-refractivity contribution in [1.29, 1.82) is 5.26 Å². The van der Waals surface area contributed by atoms with E-state index in [0.717, 1.165) is 30.5 Å². The molecule has 1 amide bonds. The van der Waals surface area contributed by atoms with Gasteiger partial charge >= 0.3 is 0 Å². The van der Waals surface area contributed by atoms with Crippen LogP contribution in [0, 0.1) is 11.3 Å². The van der Waals surface area contributed by atoms with Crippen LogP contribution in [0.1, 0.15) is 33.6 Å². The molecule has 1 aromatic heterocycles. The number of hydrazine groups is 1. The molecule has 0 saturated carbocycles. The van der Waals surface area contributed by atoms with Crippen molar-refractivity contribution in [2.75, 3.05) is 5.73 Å². The first-order chi connectivity index (χ1) is 7.69. The smallest absolute Gasteiger partial charge is 0.267 e. The lowest BCUT2D eigenvalue weighted by molar-refractivity contribution is 0.0952. The van der Waals surface area contributed by atoms with Crippen LogP contribution in [0.15, 0.2) is 0 Å². The summed E-state index contributed by atoms with van der Waals surface area (Å²) < 4.78 is 0. The Balaban J connectivity index is 2.73. The molecule has 0 bridgehead atoms. The predicted molar refractivity (Wildman–Crippen MR) is 57.0 cm³/mol. The van der Waals surface area contributed by atoms with E-state index >= 15 is 0 Å². The molecular weight excluding hydrogens is 206 g/mol. The Labute approximate surface area is 92.2 Å². The van der Waals surface area contributed by atoms with Gasteiger partial charge in [-0.3, -0.25) is 10.2 Å². The first kappa shape index (κ1) is 10.4. The van der Waals surface area contributed by atoms with E-state index in [9.17, 15) is 4.79 Å². The Hall–Kier alpha value is -2.13. The van der Waals surface area contributed by atoms with Crippen LogP contribution >= 0.6 is 0 Å². The number of anilines is 1. The van der Waals surface area contributed by atoms with E-state index in [1.54, 1.807) is 0 Å². The van der Waals surface area contributed by atoms with Crippen molar-refractivity contribution in [1.82, 2.24) is 10.4 Å². The molecule has 6 heteroatoms. The third kappa shape index (κ3) is 1.38. The van der Waals surface area contributed by atoms with Crippen LogP contribution in [-0.4, -0.2) is 10.9 Å². The fraction of sp³-hybridized carbons (Fsp3) is 0.300. The van der Waals surface area contributed by atoms with E-state index in [1.165, 1.54) is 0 Å². The van der Waals surface area contributed by atoms with Crippen LogP contribution in [0.2, 0.25) is 0 Å². The lowest BCUT2D eigenvalue weighted by Crippen LogP contribution is -2.32. The molecule has 1 aliphatic rings. The highest BCUT2D eigenvalue weighted by Gasteiger charge is 2.25. The highest BCUT2D eigenvalue weighted by atomic mass is 16.2. The molecule has 16 heavy (non-hydrogen) atoms. The fourth-order valence-corrected chi connectivity index (χ4v) is 2.04. The maximum Gasteiger partial charge on any atom is 0.267 e. The van der Waals surface area contributed by atoms with Gasteiger partial charge in [-0.1, -0.05) is 0 Å². The molecule has 5 N–H and O–H groups in total. The molecule has 0 spiro atoms. The number of aryl methyl sites for hydroxylation is 1. The Kier molecular flexibility index (Phi) is 2.46. The highest BCUT2D eigenvalue weighted by molar-refractivity contribution is 5.99. The Morgan fingerprint density at radius 3 is 2.88 bits per heavy atom. The number of nitrogens with two attached hydrogens (primary N) is 2. The average Bonchev–Trinajstić information content (AvgIpc) is 2.73. The number of nitrogens with one attached hydrogen (secondary N) is 1. The first-order valence-corrected chi connectivity index (χ1v) is 4.91. The number of aromatic nitrogens is 1. The summed E-state index contributed by atoms with van der Waals surface area (Å²) in [6, 6.07) is 1.90. The Morgan fingerprint density at radius 2 is 2.25 bits per heavy atom. The van der Waals surface area contributed by atoms with Gasteiger partial charge in [0.05, 0.1) is 5.56 Å². The lowest BCUT2D eigenvalue weighted by Gasteiger charge is -2.10. The minimum absolute atomic E-state index is 0.0988. The molecule has 1 aromatic rings. The summed E-state index contributed by atoms with van der Waals surface area (Å²) in [7, 11) is 0. The van der Waals surface area contributed by atoms with E-state index in [2.05, 4.69) is 4.98 Å². The summed E-state index contributed by atoms with van der Waals surface area (Å²) in [5.74, 6) is 4.72. The molecular formula is C10H11N5O. The van der Waals surface area contributed by atoms with Gasteiger partial charge in [-0.2, -0.15) is 5.26 Å². The number of fused-ring (bicyclic) bond motifs is 1. The van der Waals surface area contributed by atoms with Crippen molar-refractivity contribution < 1.29 is 4.79 Å². The average molecular weight is 217 g/mol. The molecule has 1 aliphatic carbocycles. The molecule has 0 saturated heterocycles. The maximum atomic E-state index is 11.6. The van der Waals surface area contributed by atoms with Gasteiger partial charge in [0.2, 0.25) is 0 Å². The summed E-state index contributed by atoms with van der Waals surface area (Å²) in [4.78, 5) is 15.8. The van der Waals surface area contributed by atoms with E-state index in [0.29, 0.717) is 0 Å². The highest BCUT2D eigenvalue weighted by Crippen LogP contribution is 2.28. The zero-order valence-corrected chi connectivity index (χ0v) is 8.58. The molecule has 0 aromatic carbocycles. The molecule has 0 aliphatic heterocycles. The number of rotatable bonds is 1. The van der Waals surface area contributed by atoms with Crippen LogP contribution in [-0.2, 0) is 12.8 Å². The molecule has 2 rings (SSSR count). The minimum atomic E-state index is -0.483.